The highest BCUT2D eigenvalue weighted by molar-refractivity contribution is 6.27. The van der Waals surface area contributed by atoms with Crippen LogP contribution in [-0.4, -0.2) is 61.1 Å². The van der Waals surface area contributed by atoms with Gasteiger partial charge < -0.3 is 14.8 Å². The molecule has 0 saturated carbocycles. The first-order valence-corrected chi connectivity index (χ1v) is 10.3. The van der Waals surface area contributed by atoms with E-state index in [9.17, 15) is 24.0 Å². The van der Waals surface area contributed by atoms with Crippen molar-refractivity contribution in [3.05, 3.63) is 33.0 Å². The van der Waals surface area contributed by atoms with Crippen LogP contribution in [0.15, 0.2) is 21.7 Å². The number of fused-ring (bicyclic) bond motifs is 3. The Hall–Kier alpha value is -4.29. The normalized spacial score (nSPS) is 20.1. The number of nitrogens with one attached hydrogen (secondary N) is 2. The van der Waals surface area contributed by atoms with Crippen molar-refractivity contribution >= 4 is 40.3 Å². The molecule has 1 aromatic rings. The molecule has 4 aliphatic heterocycles. The standard InChI is InChI=1S/C20H20N8O5/c1-5-27-11-8-10-12(7-9(11)21-13-14(27)22-18(32)25(3)15(13)29)28(6-2)17(31)20(23-10)16(30)26(4)19(33)24-20/h7-8,23H,5-6H2,1-4H3,(H,24,33). The van der Waals surface area contributed by atoms with E-state index >= 15 is 0 Å². The minimum absolute atomic E-state index is 0.0286. The van der Waals surface area contributed by atoms with E-state index in [-0.39, 0.29) is 18.1 Å². The third-order valence-corrected chi connectivity index (χ3v) is 6.11. The molecule has 4 heterocycles. The minimum Gasteiger partial charge on any atom is -0.345 e. The van der Waals surface area contributed by atoms with Crippen LogP contribution in [0.5, 0.6) is 0 Å². The predicted octanol–water partition coefficient (Wildman–Crippen LogP) is -0.729. The summed E-state index contributed by atoms with van der Waals surface area (Å²) in [5.74, 6) is -1.21. The van der Waals surface area contributed by atoms with Crippen LogP contribution in [0.25, 0.3) is 22.6 Å². The zero-order valence-corrected chi connectivity index (χ0v) is 18.3. The molecule has 1 unspecified atom stereocenters. The molecule has 1 aromatic carbocycles. The van der Waals surface area contributed by atoms with E-state index in [1.54, 1.807) is 23.6 Å². The predicted molar refractivity (Wildman–Crippen MR) is 117 cm³/mol. The van der Waals surface area contributed by atoms with Gasteiger partial charge in [-0.2, -0.15) is 4.98 Å². The Morgan fingerprint density at radius 2 is 1.67 bits per heavy atom. The zero-order valence-electron chi connectivity index (χ0n) is 18.3. The van der Waals surface area contributed by atoms with E-state index < -0.39 is 34.8 Å². The molecule has 0 bridgehead atoms. The average molecular weight is 452 g/mol. The summed E-state index contributed by atoms with van der Waals surface area (Å²) >= 11 is 0. The maximum absolute atomic E-state index is 13.3. The summed E-state index contributed by atoms with van der Waals surface area (Å²) in [7, 11) is 2.62. The molecular formula is C20H20N8O5. The Balaban J connectivity index is 1.83. The van der Waals surface area contributed by atoms with E-state index in [0.29, 0.717) is 29.0 Å². The van der Waals surface area contributed by atoms with Gasteiger partial charge in [-0.3, -0.25) is 29.2 Å². The van der Waals surface area contributed by atoms with Gasteiger partial charge in [-0.1, -0.05) is 0 Å². The molecule has 13 heteroatoms. The molecule has 1 fully saturated rings. The molecule has 13 nitrogen and oxygen atoms in total. The number of urea groups is 1. The fraction of sp³-hybridized carbons (Fsp3) is 0.350. The first kappa shape index (κ1) is 20.6. The van der Waals surface area contributed by atoms with Crippen molar-refractivity contribution < 1.29 is 14.4 Å². The molecule has 4 aliphatic rings. The van der Waals surface area contributed by atoms with Gasteiger partial charge in [0.25, 0.3) is 23.0 Å². The summed E-state index contributed by atoms with van der Waals surface area (Å²) in [5, 5.41) is 5.38. The number of hydrogen-bond donors (Lipinski definition) is 2. The lowest BCUT2D eigenvalue weighted by atomic mass is 10.0. The van der Waals surface area contributed by atoms with Crippen LogP contribution < -0.4 is 26.8 Å². The van der Waals surface area contributed by atoms with Crippen LogP contribution in [0.1, 0.15) is 13.8 Å². The summed E-state index contributed by atoms with van der Waals surface area (Å²) < 4.78 is 2.56. The van der Waals surface area contributed by atoms with Crippen molar-refractivity contribution in [3.8, 4) is 11.5 Å². The van der Waals surface area contributed by atoms with Crippen molar-refractivity contribution in [3.63, 3.8) is 0 Å². The first-order chi connectivity index (χ1) is 15.6. The van der Waals surface area contributed by atoms with E-state index in [1.807, 2.05) is 6.92 Å². The zero-order chi connectivity index (χ0) is 23.8. The second-order valence-electron chi connectivity index (χ2n) is 7.86. The summed E-state index contributed by atoms with van der Waals surface area (Å²) in [6, 6.07) is 2.60. The Morgan fingerprint density at radius 3 is 2.27 bits per heavy atom. The van der Waals surface area contributed by atoms with Crippen molar-refractivity contribution in [2.24, 2.45) is 7.05 Å². The molecule has 2 N–H and O–H groups in total. The van der Waals surface area contributed by atoms with E-state index in [0.717, 1.165) is 9.47 Å². The highest BCUT2D eigenvalue weighted by atomic mass is 16.2. The SMILES string of the molecule is CCN1C(=O)C2(NC(=O)N(C)C2=O)Nc2cc3c(cc21)nc1c(=O)n(C)c(=O)nc-1n3CC. The molecular weight excluding hydrogens is 432 g/mol. The highest BCUT2D eigenvalue weighted by Crippen LogP contribution is 2.39. The number of amides is 4. The Bertz CT molecular complexity index is 1490. The van der Waals surface area contributed by atoms with Crippen molar-refractivity contribution in [2.75, 3.05) is 23.8 Å². The maximum Gasteiger partial charge on any atom is 0.352 e. The number of likely N-dealkylation sites (N-methyl/N-ethyl adjacent to an activating group) is 2. The van der Waals surface area contributed by atoms with Crippen LogP contribution in [0.3, 0.4) is 0 Å². The summed E-state index contributed by atoms with van der Waals surface area (Å²) in [6.45, 7) is 4.16. The van der Waals surface area contributed by atoms with E-state index in [4.69, 9.17) is 0 Å². The molecule has 0 radical (unpaired) electrons. The fourth-order valence-corrected chi connectivity index (χ4v) is 4.35. The highest BCUT2D eigenvalue weighted by Gasteiger charge is 2.59. The van der Waals surface area contributed by atoms with Gasteiger partial charge in [0.1, 0.15) is 0 Å². The summed E-state index contributed by atoms with van der Waals surface area (Å²) in [4.78, 5) is 73.9. The largest absolute Gasteiger partial charge is 0.352 e. The number of anilines is 2. The molecule has 33 heavy (non-hydrogen) atoms. The number of benzene rings is 1. The quantitative estimate of drug-likeness (QED) is 0.293. The number of nitrogens with zero attached hydrogens (tertiary/aromatic N) is 6. The third kappa shape index (κ3) is 2.49. The van der Waals surface area contributed by atoms with Crippen LogP contribution in [0.4, 0.5) is 16.2 Å². The van der Waals surface area contributed by atoms with Crippen LogP contribution >= 0.6 is 0 Å². The first-order valence-electron chi connectivity index (χ1n) is 10.3. The molecule has 4 amide bonds. The third-order valence-electron chi connectivity index (χ3n) is 6.11. The lowest BCUT2D eigenvalue weighted by Crippen LogP contribution is -2.67. The lowest BCUT2D eigenvalue weighted by Gasteiger charge is -2.39. The van der Waals surface area contributed by atoms with Crippen LogP contribution in [0, 0.1) is 0 Å². The lowest BCUT2D eigenvalue weighted by molar-refractivity contribution is -0.137. The van der Waals surface area contributed by atoms with E-state index in [1.165, 1.54) is 19.0 Å². The van der Waals surface area contributed by atoms with Gasteiger partial charge in [0.2, 0.25) is 0 Å². The van der Waals surface area contributed by atoms with Crippen molar-refractivity contribution in [2.45, 2.75) is 26.1 Å². The number of rotatable bonds is 2. The van der Waals surface area contributed by atoms with Gasteiger partial charge in [0, 0.05) is 27.2 Å². The number of hydrogen-bond acceptors (Lipinski definition) is 8. The van der Waals surface area contributed by atoms with Crippen molar-refractivity contribution in [1.29, 1.82) is 0 Å². The van der Waals surface area contributed by atoms with Gasteiger partial charge >= 0.3 is 11.7 Å². The number of aromatic nitrogens is 4. The van der Waals surface area contributed by atoms with Crippen molar-refractivity contribution in [1.82, 2.24) is 29.3 Å². The summed E-state index contributed by atoms with van der Waals surface area (Å²) in [5.41, 5.74) is -1.42. The Morgan fingerprint density at radius 1 is 0.939 bits per heavy atom. The molecule has 1 saturated heterocycles. The second-order valence-corrected chi connectivity index (χ2v) is 7.86. The maximum atomic E-state index is 13.3. The number of imide groups is 1. The molecule has 1 atom stereocenters. The van der Waals surface area contributed by atoms with Gasteiger partial charge in [-0.25, -0.2) is 14.6 Å². The number of aryl methyl sites for hydroxylation is 1. The topological polar surface area (TPSA) is 152 Å². The van der Waals surface area contributed by atoms with Crippen LogP contribution in [-0.2, 0) is 23.2 Å². The minimum atomic E-state index is -1.96. The fourth-order valence-electron chi connectivity index (χ4n) is 4.35. The number of carbonyl (C=O) groups is 3. The number of carbonyl (C=O) groups excluding carboxylic acids is 3. The monoisotopic (exact) mass is 452 g/mol. The van der Waals surface area contributed by atoms with Gasteiger partial charge in [0.05, 0.1) is 22.4 Å². The molecule has 1 spiro atoms. The van der Waals surface area contributed by atoms with Gasteiger partial charge in [0.15, 0.2) is 11.5 Å². The van der Waals surface area contributed by atoms with E-state index in [2.05, 4.69) is 20.6 Å². The Kier molecular flexibility index (Phi) is 4.12. The molecule has 0 aromatic heterocycles. The molecule has 0 aliphatic carbocycles. The van der Waals surface area contributed by atoms with Gasteiger partial charge in [-0.05, 0) is 26.0 Å². The molecule has 5 rings (SSSR count). The molecule has 170 valence electrons. The van der Waals surface area contributed by atoms with Gasteiger partial charge in [-0.15, -0.1) is 0 Å². The second kappa shape index (κ2) is 6.60. The average Bonchev–Trinajstić information content (AvgIpc) is 3.00. The van der Waals surface area contributed by atoms with Crippen LogP contribution in [0.2, 0.25) is 0 Å². The Labute approximate surface area is 186 Å². The smallest absolute Gasteiger partial charge is 0.345 e. The summed E-state index contributed by atoms with van der Waals surface area (Å²) in [6.07, 6.45) is 0.